The third-order valence-corrected chi connectivity index (χ3v) is 4.45. The van der Waals surface area contributed by atoms with Crippen LogP contribution in [-0.2, 0) is 24.8 Å². The smallest absolute Gasteiger partial charge is 0.227 e. The van der Waals surface area contributed by atoms with Crippen LogP contribution in [0.4, 0.5) is 0 Å². The standard InChI is InChI=1S/C16H28N4O/c1-4-7-16(8-6-9-17-12-16)15(21)18-10-13-11-20(3)19-14(13)5-2/h11,17H,4-10,12H2,1-3H3,(H,18,21). The highest BCUT2D eigenvalue weighted by atomic mass is 16.2. The van der Waals surface area contributed by atoms with Gasteiger partial charge in [-0.2, -0.15) is 5.10 Å². The molecule has 1 amide bonds. The van der Waals surface area contributed by atoms with Gasteiger partial charge < -0.3 is 10.6 Å². The van der Waals surface area contributed by atoms with E-state index in [0.717, 1.165) is 56.5 Å². The van der Waals surface area contributed by atoms with Crippen LogP contribution in [0, 0.1) is 5.41 Å². The van der Waals surface area contributed by atoms with Crippen molar-refractivity contribution < 1.29 is 4.79 Å². The number of nitrogens with zero attached hydrogens (tertiary/aromatic N) is 2. The summed E-state index contributed by atoms with van der Waals surface area (Å²) in [5, 5.41) is 11.0. The quantitative estimate of drug-likeness (QED) is 0.840. The molecule has 2 rings (SSSR count). The van der Waals surface area contributed by atoms with Gasteiger partial charge in [0, 0.05) is 31.9 Å². The Hall–Kier alpha value is -1.36. The van der Waals surface area contributed by atoms with Gasteiger partial charge in [-0.25, -0.2) is 0 Å². The summed E-state index contributed by atoms with van der Waals surface area (Å²) in [5.74, 6) is 0.197. The lowest BCUT2D eigenvalue weighted by Gasteiger charge is -2.36. The fourth-order valence-electron chi connectivity index (χ4n) is 3.36. The number of carbonyl (C=O) groups excluding carboxylic acids is 1. The van der Waals surface area contributed by atoms with E-state index in [-0.39, 0.29) is 11.3 Å². The Bertz CT molecular complexity index is 469. The van der Waals surface area contributed by atoms with E-state index in [1.165, 1.54) is 0 Å². The van der Waals surface area contributed by atoms with Crippen molar-refractivity contribution in [1.82, 2.24) is 20.4 Å². The minimum Gasteiger partial charge on any atom is -0.351 e. The van der Waals surface area contributed by atoms with E-state index in [1.54, 1.807) is 0 Å². The van der Waals surface area contributed by atoms with Crippen LogP contribution >= 0.6 is 0 Å². The highest BCUT2D eigenvalue weighted by Crippen LogP contribution is 2.32. The van der Waals surface area contributed by atoms with Gasteiger partial charge >= 0.3 is 0 Å². The van der Waals surface area contributed by atoms with Crippen LogP contribution in [0.15, 0.2) is 6.20 Å². The first-order valence-corrected chi connectivity index (χ1v) is 8.11. The number of piperidine rings is 1. The summed E-state index contributed by atoms with van der Waals surface area (Å²) in [6, 6.07) is 0. The molecule has 118 valence electrons. The van der Waals surface area contributed by atoms with Crippen molar-refractivity contribution in [2.45, 2.75) is 52.5 Å². The first-order chi connectivity index (χ1) is 10.1. The fourth-order valence-corrected chi connectivity index (χ4v) is 3.36. The molecule has 0 spiro atoms. The highest BCUT2D eigenvalue weighted by molar-refractivity contribution is 5.83. The van der Waals surface area contributed by atoms with Crippen molar-refractivity contribution >= 4 is 5.91 Å². The molecular formula is C16H28N4O. The summed E-state index contributed by atoms with van der Waals surface area (Å²) in [5.41, 5.74) is 1.98. The van der Waals surface area contributed by atoms with E-state index in [2.05, 4.69) is 29.6 Å². The molecule has 1 aliphatic rings. The zero-order valence-electron chi connectivity index (χ0n) is 13.5. The van der Waals surface area contributed by atoms with Gasteiger partial charge in [-0.1, -0.05) is 20.3 Å². The van der Waals surface area contributed by atoms with Crippen LogP contribution in [0.1, 0.15) is 50.8 Å². The molecule has 5 nitrogen and oxygen atoms in total. The normalized spacial score (nSPS) is 22.2. The molecule has 0 aliphatic carbocycles. The van der Waals surface area contributed by atoms with Gasteiger partial charge in [-0.3, -0.25) is 9.48 Å². The average Bonchev–Trinajstić information content (AvgIpc) is 2.86. The van der Waals surface area contributed by atoms with Gasteiger partial charge in [0.1, 0.15) is 0 Å². The van der Waals surface area contributed by atoms with Gasteiger partial charge in [0.25, 0.3) is 0 Å². The molecule has 2 heterocycles. The highest BCUT2D eigenvalue weighted by Gasteiger charge is 2.38. The molecule has 0 aromatic carbocycles. The second-order valence-electron chi connectivity index (χ2n) is 6.12. The van der Waals surface area contributed by atoms with Crippen molar-refractivity contribution in [3.05, 3.63) is 17.5 Å². The van der Waals surface area contributed by atoms with Crippen LogP contribution < -0.4 is 10.6 Å². The Morgan fingerprint density at radius 1 is 1.52 bits per heavy atom. The first-order valence-electron chi connectivity index (χ1n) is 8.11. The number of aryl methyl sites for hydroxylation is 2. The van der Waals surface area contributed by atoms with Crippen molar-refractivity contribution in [3.8, 4) is 0 Å². The first kappa shape index (κ1) is 16.0. The summed E-state index contributed by atoms with van der Waals surface area (Å²) < 4.78 is 1.82. The molecule has 1 unspecified atom stereocenters. The average molecular weight is 292 g/mol. The third-order valence-electron chi connectivity index (χ3n) is 4.45. The molecule has 21 heavy (non-hydrogen) atoms. The lowest BCUT2D eigenvalue weighted by atomic mass is 9.76. The fraction of sp³-hybridized carbons (Fsp3) is 0.750. The molecule has 0 bridgehead atoms. The summed E-state index contributed by atoms with van der Waals surface area (Å²) in [7, 11) is 1.92. The number of carbonyl (C=O) groups is 1. The number of hydrogen-bond donors (Lipinski definition) is 2. The Balaban J connectivity index is 2.01. The van der Waals surface area contributed by atoms with E-state index in [0.29, 0.717) is 6.54 Å². The van der Waals surface area contributed by atoms with Crippen LogP contribution in [0.3, 0.4) is 0 Å². The topological polar surface area (TPSA) is 59.0 Å². The number of nitrogens with one attached hydrogen (secondary N) is 2. The van der Waals surface area contributed by atoms with E-state index in [4.69, 9.17) is 0 Å². The van der Waals surface area contributed by atoms with Crippen molar-refractivity contribution in [3.63, 3.8) is 0 Å². The maximum Gasteiger partial charge on any atom is 0.227 e. The van der Waals surface area contributed by atoms with Gasteiger partial charge in [-0.15, -0.1) is 0 Å². The van der Waals surface area contributed by atoms with Crippen molar-refractivity contribution in [1.29, 1.82) is 0 Å². The van der Waals surface area contributed by atoms with E-state index < -0.39 is 0 Å². The zero-order chi connectivity index (χ0) is 15.3. The van der Waals surface area contributed by atoms with E-state index in [1.807, 2.05) is 17.9 Å². The number of aromatic nitrogens is 2. The van der Waals surface area contributed by atoms with E-state index >= 15 is 0 Å². The molecule has 1 aromatic heterocycles. The largest absolute Gasteiger partial charge is 0.351 e. The van der Waals surface area contributed by atoms with Crippen LogP contribution in [0.2, 0.25) is 0 Å². The third kappa shape index (κ3) is 3.64. The SMILES string of the molecule is CCCC1(C(=O)NCc2cn(C)nc2CC)CCCNC1. The summed E-state index contributed by atoms with van der Waals surface area (Å²) in [6.45, 7) is 6.67. The van der Waals surface area contributed by atoms with Gasteiger partial charge in [0.15, 0.2) is 0 Å². The van der Waals surface area contributed by atoms with Gasteiger partial charge in [0.2, 0.25) is 5.91 Å². The lowest BCUT2D eigenvalue weighted by Crippen LogP contribution is -2.50. The molecule has 0 saturated carbocycles. The van der Waals surface area contributed by atoms with Gasteiger partial charge in [0.05, 0.1) is 11.1 Å². The minimum absolute atomic E-state index is 0.197. The van der Waals surface area contributed by atoms with Crippen molar-refractivity contribution in [2.24, 2.45) is 12.5 Å². The van der Waals surface area contributed by atoms with Gasteiger partial charge in [-0.05, 0) is 32.2 Å². The van der Waals surface area contributed by atoms with Crippen LogP contribution in [0.25, 0.3) is 0 Å². The second-order valence-corrected chi connectivity index (χ2v) is 6.12. The Labute approximate surface area is 127 Å². The van der Waals surface area contributed by atoms with E-state index in [9.17, 15) is 4.79 Å². The lowest BCUT2D eigenvalue weighted by molar-refractivity contribution is -0.132. The Morgan fingerprint density at radius 2 is 2.33 bits per heavy atom. The molecule has 2 N–H and O–H groups in total. The molecule has 1 aromatic rings. The number of rotatable bonds is 6. The molecular weight excluding hydrogens is 264 g/mol. The predicted molar refractivity (Wildman–Crippen MR) is 83.9 cm³/mol. The second kappa shape index (κ2) is 7.07. The summed E-state index contributed by atoms with van der Waals surface area (Å²) >= 11 is 0. The van der Waals surface area contributed by atoms with Crippen molar-refractivity contribution in [2.75, 3.05) is 13.1 Å². The predicted octanol–water partition coefficient (Wildman–Crippen LogP) is 1.77. The summed E-state index contributed by atoms with van der Waals surface area (Å²) in [4.78, 5) is 12.7. The minimum atomic E-state index is -0.221. The maximum atomic E-state index is 12.7. The number of hydrogen-bond acceptors (Lipinski definition) is 3. The molecule has 0 radical (unpaired) electrons. The molecule has 1 saturated heterocycles. The molecule has 1 fully saturated rings. The molecule has 1 aliphatic heterocycles. The number of amides is 1. The summed E-state index contributed by atoms with van der Waals surface area (Å²) in [6.07, 6.45) is 6.98. The molecule has 5 heteroatoms. The molecule has 1 atom stereocenters. The Morgan fingerprint density at radius 3 is 2.95 bits per heavy atom. The maximum absolute atomic E-state index is 12.7. The van der Waals surface area contributed by atoms with Crippen LogP contribution in [0.5, 0.6) is 0 Å². The Kier molecular flexibility index (Phi) is 5.39. The van der Waals surface area contributed by atoms with Crippen LogP contribution in [-0.4, -0.2) is 28.8 Å². The monoisotopic (exact) mass is 292 g/mol. The zero-order valence-corrected chi connectivity index (χ0v) is 13.5.